The van der Waals surface area contributed by atoms with E-state index in [4.69, 9.17) is 14.2 Å². The Hall–Kier alpha value is -3.74. The highest BCUT2D eigenvalue weighted by Gasteiger charge is 2.56. The van der Waals surface area contributed by atoms with Crippen LogP contribution >= 0.6 is 0 Å². The van der Waals surface area contributed by atoms with Gasteiger partial charge >= 0.3 is 11.9 Å². The molecule has 7 heteroatoms. The Labute approximate surface area is 186 Å². The second kappa shape index (κ2) is 9.18. The first kappa shape index (κ1) is 22.9. The highest BCUT2D eigenvalue weighted by atomic mass is 16.6. The van der Waals surface area contributed by atoms with Crippen LogP contribution in [0.5, 0.6) is 11.5 Å². The number of esters is 2. The summed E-state index contributed by atoms with van der Waals surface area (Å²) in [6, 6.07) is 11.0. The third kappa shape index (κ3) is 4.32. The van der Waals surface area contributed by atoms with E-state index < -0.39 is 17.5 Å². The molecule has 2 aromatic carbocycles. The van der Waals surface area contributed by atoms with Crippen LogP contribution in [-0.4, -0.2) is 42.0 Å². The van der Waals surface area contributed by atoms with Crippen molar-refractivity contribution in [2.45, 2.75) is 32.3 Å². The standard InChI is InChI=1S/C25H26O7/c1-15(2)5-7-18-13-16(6-12-20(18)27)14-25(24(29)31-4)21(22(30-3)23(28)32-25)17-8-10-19(26)11-9-17/h5-6,8-13,26-27H,7,14H2,1-4H3. The van der Waals surface area contributed by atoms with Gasteiger partial charge in [0.05, 0.1) is 19.8 Å². The zero-order chi connectivity index (χ0) is 23.5. The molecule has 2 aromatic rings. The molecule has 32 heavy (non-hydrogen) atoms. The number of hydrogen-bond acceptors (Lipinski definition) is 7. The molecule has 0 bridgehead atoms. The van der Waals surface area contributed by atoms with Crippen LogP contribution in [0.3, 0.4) is 0 Å². The van der Waals surface area contributed by atoms with E-state index in [0.29, 0.717) is 23.1 Å². The number of ether oxygens (including phenoxy) is 3. The number of cyclic esters (lactones) is 1. The van der Waals surface area contributed by atoms with Crippen LogP contribution in [0.4, 0.5) is 0 Å². The van der Waals surface area contributed by atoms with Crippen LogP contribution < -0.4 is 0 Å². The van der Waals surface area contributed by atoms with Crippen LogP contribution in [0, 0.1) is 0 Å². The molecule has 0 saturated heterocycles. The van der Waals surface area contributed by atoms with Crippen LogP contribution in [0.15, 0.2) is 59.9 Å². The van der Waals surface area contributed by atoms with Crippen molar-refractivity contribution >= 4 is 17.5 Å². The summed E-state index contributed by atoms with van der Waals surface area (Å²) in [5, 5.41) is 19.9. The maximum atomic E-state index is 13.1. The molecule has 3 rings (SSSR count). The lowest BCUT2D eigenvalue weighted by molar-refractivity contribution is -0.169. The quantitative estimate of drug-likeness (QED) is 0.502. The lowest BCUT2D eigenvalue weighted by Crippen LogP contribution is -2.44. The van der Waals surface area contributed by atoms with Crippen molar-refractivity contribution in [1.82, 2.24) is 0 Å². The van der Waals surface area contributed by atoms with Crippen molar-refractivity contribution in [1.29, 1.82) is 0 Å². The summed E-state index contributed by atoms with van der Waals surface area (Å²) < 4.78 is 16.0. The van der Waals surface area contributed by atoms with Crippen molar-refractivity contribution in [3.05, 3.63) is 76.6 Å². The topological polar surface area (TPSA) is 102 Å². The minimum absolute atomic E-state index is 0.0312. The minimum atomic E-state index is -1.79. The molecule has 0 spiro atoms. The summed E-state index contributed by atoms with van der Waals surface area (Å²) in [6.45, 7) is 3.93. The van der Waals surface area contributed by atoms with Crippen molar-refractivity contribution in [3.8, 4) is 11.5 Å². The Morgan fingerprint density at radius 2 is 1.78 bits per heavy atom. The largest absolute Gasteiger partial charge is 0.508 e. The van der Waals surface area contributed by atoms with E-state index in [1.54, 1.807) is 30.3 Å². The first-order valence-electron chi connectivity index (χ1n) is 10.1. The van der Waals surface area contributed by atoms with Crippen molar-refractivity contribution in [2.75, 3.05) is 14.2 Å². The average molecular weight is 438 g/mol. The predicted molar refractivity (Wildman–Crippen MR) is 118 cm³/mol. The maximum Gasteiger partial charge on any atom is 0.375 e. The summed E-state index contributed by atoms with van der Waals surface area (Å²) in [6.07, 6.45) is 2.46. The molecule has 1 unspecified atom stereocenters. The van der Waals surface area contributed by atoms with Gasteiger partial charge in [-0.15, -0.1) is 0 Å². The molecule has 0 radical (unpaired) electrons. The maximum absolute atomic E-state index is 13.1. The second-order valence-corrected chi connectivity index (χ2v) is 7.79. The van der Waals surface area contributed by atoms with E-state index in [-0.39, 0.29) is 29.3 Å². The molecular formula is C25H26O7. The first-order chi connectivity index (χ1) is 15.2. The molecule has 1 atom stereocenters. The van der Waals surface area contributed by atoms with Gasteiger partial charge < -0.3 is 24.4 Å². The van der Waals surface area contributed by atoms with Crippen LogP contribution in [0.25, 0.3) is 5.57 Å². The van der Waals surface area contributed by atoms with E-state index in [2.05, 4.69) is 0 Å². The number of methoxy groups -OCH3 is 2. The number of carbonyl (C=O) groups excluding carboxylic acids is 2. The lowest BCUT2D eigenvalue weighted by atomic mass is 9.83. The fourth-order valence-electron chi connectivity index (χ4n) is 3.74. The van der Waals surface area contributed by atoms with Gasteiger partial charge in [0.2, 0.25) is 11.4 Å². The highest BCUT2D eigenvalue weighted by molar-refractivity contribution is 6.11. The second-order valence-electron chi connectivity index (χ2n) is 7.79. The molecule has 0 amide bonds. The number of benzene rings is 2. The van der Waals surface area contributed by atoms with E-state index in [1.807, 2.05) is 19.9 Å². The van der Waals surface area contributed by atoms with Crippen molar-refractivity contribution in [2.24, 2.45) is 0 Å². The average Bonchev–Trinajstić information content (AvgIpc) is 3.05. The fraction of sp³-hybridized carbons (Fsp3) is 0.280. The summed E-state index contributed by atoms with van der Waals surface area (Å²) >= 11 is 0. The third-order valence-electron chi connectivity index (χ3n) is 5.29. The van der Waals surface area contributed by atoms with Gasteiger partial charge in [-0.2, -0.15) is 0 Å². The number of rotatable bonds is 7. The number of carbonyl (C=O) groups is 2. The molecule has 7 nitrogen and oxygen atoms in total. The highest BCUT2D eigenvalue weighted by Crippen LogP contribution is 2.44. The molecular weight excluding hydrogens is 412 g/mol. The van der Waals surface area contributed by atoms with Gasteiger partial charge in [0, 0.05) is 6.42 Å². The Kier molecular flexibility index (Phi) is 6.58. The fourth-order valence-corrected chi connectivity index (χ4v) is 3.74. The Morgan fingerprint density at radius 3 is 2.38 bits per heavy atom. The third-order valence-corrected chi connectivity index (χ3v) is 5.29. The first-order valence-corrected chi connectivity index (χ1v) is 10.1. The molecule has 1 aliphatic heterocycles. The van der Waals surface area contributed by atoms with E-state index in [9.17, 15) is 19.8 Å². The van der Waals surface area contributed by atoms with Gasteiger partial charge in [0.25, 0.3) is 0 Å². The lowest BCUT2D eigenvalue weighted by Gasteiger charge is -2.28. The summed E-state index contributed by atoms with van der Waals surface area (Å²) in [5.41, 5.74) is 1.34. The molecule has 1 aliphatic rings. The van der Waals surface area contributed by atoms with Crippen LogP contribution in [-0.2, 0) is 36.6 Å². The SMILES string of the molecule is COC(=O)C1(Cc2ccc(O)c(CC=C(C)C)c2)OC(=O)C(OC)=C1c1ccc(O)cc1. The molecule has 1 heterocycles. The molecule has 0 aromatic heterocycles. The predicted octanol–water partition coefficient (Wildman–Crippen LogP) is 3.68. The number of phenols is 2. The number of phenolic OH excluding ortho intramolecular Hbond substituents is 2. The zero-order valence-corrected chi connectivity index (χ0v) is 18.5. The van der Waals surface area contributed by atoms with Gasteiger partial charge in [-0.05, 0) is 55.2 Å². The Bertz CT molecular complexity index is 1090. The zero-order valence-electron chi connectivity index (χ0n) is 18.5. The van der Waals surface area contributed by atoms with E-state index in [1.165, 1.54) is 26.4 Å². The van der Waals surface area contributed by atoms with Crippen molar-refractivity contribution < 1.29 is 34.0 Å². The van der Waals surface area contributed by atoms with E-state index >= 15 is 0 Å². The van der Waals surface area contributed by atoms with Gasteiger partial charge in [-0.3, -0.25) is 0 Å². The number of allylic oxidation sites excluding steroid dienone is 2. The normalized spacial score (nSPS) is 17.7. The molecule has 0 aliphatic carbocycles. The minimum Gasteiger partial charge on any atom is -0.508 e. The Morgan fingerprint density at radius 1 is 1.09 bits per heavy atom. The molecule has 168 valence electrons. The Balaban J connectivity index is 2.14. The van der Waals surface area contributed by atoms with Gasteiger partial charge in [-0.1, -0.05) is 35.9 Å². The number of aromatic hydroxyl groups is 2. The number of hydrogen-bond donors (Lipinski definition) is 2. The van der Waals surface area contributed by atoms with Gasteiger partial charge in [-0.25, -0.2) is 9.59 Å². The molecule has 2 N–H and O–H groups in total. The monoisotopic (exact) mass is 438 g/mol. The summed E-state index contributed by atoms with van der Waals surface area (Å²) in [4.78, 5) is 25.7. The van der Waals surface area contributed by atoms with Crippen LogP contribution in [0.1, 0.15) is 30.5 Å². The van der Waals surface area contributed by atoms with Gasteiger partial charge in [0.1, 0.15) is 11.5 Å². The summed E-state index contributed by atoms with van der Waals surface area (Å²) in [7, 11) is 2.54. The smallest absolute Gasteiger partial charge is 0.375 e. The van der Waals surface area contributed by atoms with Crippen molar-refractivity contribution in [3.63, 3.8) is 0 Å². The van der Waals surface area contributed by atoms with Gasteiger partial charge in [0.15, 0.2) is 0 Å². The summed E-state index contributed by atoms with van der Waals surface area (Å²) in [5.74, 6) is -1.49. The molecule has 0 fully saturated rings. The van der Waals surface area contributed by atoms with E-state index in [0.717, 1.165) is 5.57 Å². The molecule has 0 saturated carbocycles. The van der Waals surface area contributed by atoms with Crippen LogP contribution in [0.2, 0.25) is 0 Å².